The molecule has 3 aromatic carbocycles. The van der Waals surface area contributed by atoms with Crippen LogP contribution in [0.1, 0.15) is 35.2 Å². The van der Waals surface area contributed by atoms with Gasteiger partial charge in [-0.05, 0) is 65.4 Å². The van der Waals surface area contributed by atoms with Gasteiger partial charge in [-0.15, -0.1) is 0 Å². The molecule has 1 aliphatic rings. The average Bonchev–Trinajstić information content (AvgIpc) is 2.90. The number of aryl methyl sites for hydroxylation is 1. The maximum Gasteiger partial charge on any atom is 0.247 e. The molecule has 0 bridgehead atoms. The van der Waals surface area contributed by atoms with Gasteiger partial charge in [0.25, 0.3) is 0 Å². The van der Waals surface area contributed by atoms with Gasteiger partial charge in [-0.3, -0.25) is 4.79 Å². The first kappa shape index (κ1) is 23.4. The van der Waals surface area contributed by atoms with Crippen LogP contribution in [0.25, 0.3) is 6.08 Å². The number of amides is 1. The summed E-state index contributed by atoms with van der Waals surface area (Å²) >= 11 is 0. The molecule has 0 radical (unpaired) electrons. The first-order valence-electron chi connectivity index (χ1n) is 11.6. The fourth-order valence-electron chi connectivity index (χ4n) is 4.30. The van der Waals surface area contributed by atoms with Crippen molar-refractivity contribution < 1.29 is 19.0 Å². The van der Waals surface area contributed by atoms with Crippen LogP contribution in [0.2, 0.25) is 0 Å². The third-order valence-electron chi connectivity index (χ3n) is 6.24. The molecular formula is C29H31NO4. The molecule has 5 heteroatoms. The van der Waals surface area contributed by atoms with E-state index in [1.165, 1.54) is 5.56 Å². The summed E-state index contributed by atoms with van der Waals surface area (Å²) in [4.78, 5) is 15.2. The summed E-state index contributed by atoms with van der Waals surface area (Å²) in [6, 6.07) is 21.7. The number of fused-ring (bicyclic) bond motifs is 1. The summed E-state index contributed by atoms with van der Waals surface area (Å²) in [5.74, 6) is 2.09. The topological polar surface area (TPSA) is 48.0 Å². The standard InChI is InChI=1S/C29H31NO4/c1-4-21-10-13-24(14-11-21)34-20-26-25-19-28(33-3)27(32-2)18-23(25)16-17-30(26)29(31)15-12-22-8-6-5-7-9-22/h5-15,18-19,26H,4,16-17,20H2,1-3H3/b15-12+. The van der Waals surface area contributed by atoms with Gasteiger partial charge in [-0.2, -0.15) is 0 Å². The summed E-state index contributed by atoms with van der Waals surface area (Å²) in [5, 5.41) is 0. The second-order valence-electron chi connectivity index (χ2n) is 8.26. The summed E-state index contributed by atoms with van der Waals surface area (Å²) < 4.78 is 17.2. The van der Waals surface area contributed by atoms with Crippen LogP contribution >= 0.6 is 0 Å². The first-order chi connectivity index (χ1) is 16.6. The first-order valence-corrected chi connectivity index (χ1v) is 11.6. The van der Waals surface area contributed by atoms with E-state index < -0.39 is 0 Å². The lowest BCUT2D eigenvalue weighted by molar-refractivity contribution is -0.129. The minimum Gasteiger partial charge on any atom is -0.493 e. The van der Waals surface area contributed by atoms with E-state index in [2.05, 4.69) is 19.1 Å². The van der Waals surface area contributed by atoms with Crippen molar-refractivity contribution in [2.75, 3.05) is 27.4 Å². The number of carbonyl (C=O) groups excluding carboxylic acids is 1. The van der Waals surface area contributed by atoms with Crippen molar-refractivity contribution in [2.45, 2.75) is 25.8 Å². The van der Waals surface area contributed by atoms with Gasteiger partial charge in [0.2, 0.25) is 5.91 Å². The predicted molar refractivity (Wildman–Crippen MR) is 134 cm³/mol. The molecule has 0 saturated heterocycles. The normalized spacial score (nSPS) is 15.1. The average molecular weight is 458 g/mol. The molecule has 1 unspecified atom stereocenters. The van der Waals surface area contributed by atoms with Crippen LogP contribution in [0, 0.1) is 0 Å². The molecule has 0 N–H and O–H groups in total. The van der Waals surface area contributed by atoms with E-state index in [0.717, 1.165) is 35.3 Å². The number of rotatable bonds is 8. The molecule has 1 aliphatic heterocycles. The van der Waals surface area contributed by atoms with Gasteiger partial charge in [-0.25, -0.2) is 0 Å². The monoisotopic (exact) mass is 457 g/mol. The van der Waals surface area contributed by atoms with Gasteiger partial charge in [-0.1, -0.05) is 49.4 Å². The van der Waals surface area contributed by atoms with E-state index in [0.29, 0.717) is 24.7 Å². The van der Waals surface area contributed by atoms with Crippen LogP contribution < -0.4 is 14.2 Å². The molecule has 4 rings (SSSR count). The molecule has 5 nitrogen and oxygen atoms in total. The number of benzene rings is 3. The number of nitrogens with zero attached hydrogens (tertiary/aromatic N) is 1. The van der Waals surface area contributed by atoms with E-state index in [1.54, 1.807) is 20.3 Å². The van der Waals surface area contributed by atoms with Crippen molar-refractivity contribution >= 4 is 12.0 Å². The maximum absolute atomic E-state index is 13.3. The van der Waals surface area contributed by atoms with Crippen molar-refractivity contribution in [1.29, 1.82) is 0 Å². The lowest BCUT2D eigenvalue weighted by atomic mass is 9.92. The zero-order valence-corrected chi connectivity index (χ0v) is 20.0. The highest BCUT2D eigenvalue weighted by Crippen LogP contribution is 2.38. The molecule has 0 saturated carbocycles. The number of methoxy groups -OCH3 is 2. The minimum atomic E-state index is -0.248. The SMILES string of the molecule is CCc1ccc(OCC2c3cc(OC)c(OC)cc3CCN2C(=O)/C=C/c2ccccc2)cc1. The van der Waals surface area contributed by atoms with Gasteiger partial charge in [0.1, 0.15) is 12.4 Å². The highest BCUT2D eigenvalue weighted by atomic mass is 16.5. The largest absolute Gasteiger partial charge is 0.493 e. The van der Waals surface area contributed by atoms with Gasteiger partial charge in [0, 0.05) is 12.6 Å². The second kappa shape index (κ2) is 10.9. The van der Waals surface area contributed by atoms with E-state index in [4.69, 9.17) is 14.2 Å². The Bertz CT molecular complexity index is 1140. The smallest absolute Gasteiger partial charge is 0.247 e. The summed E-state index contributed by atoms with van der Waals surface area (Å²) in [7, 11) is 3.26. The lowest BCUT2D eigenvalue weighted by Crippen LogP contribution is -2.41. The molecule has 0 spiro atoms. The third kappa shape index (κ3) is 5.25. The molecule has 0 aromatic heterocycles. The Labute approximate surface area is 201 Å². The van der Waals surface area contributed by atoms with Crippen molar-refractivity contribution in [3.8, 4) is 17.2 Å². The molecule has 1 amide bonds. The lowest BCUT2D eigenvalue weighted by Gasteiger charge is -2.37. The zero-order valence-electron chi connectivity index (χ0n) is 20.0. The fourth-order valence-corrected chi connectivity index (χ4v) is 4.30. The van der Waals surface area contributed by atoms with Crippen LogP contribution in [-0.4, -0.2) is 38.2 Å². The van der Waals surface area contributed by atoms with Crippen molar-refractivity contribution in [3.63, 3.8) is 0 Å². The molecule has 3 aromatic rings. The molecule has 176 valence electrons. The molecule has 0 fully saturated rings. The number of hydrogen-bond donors (Lipinski definition) is 0. The number of ether oxygens (including phenoxy) is 3. The van der Waals surface area contributed by atoms with Gasteiger partial charge in [0.05, 0.1) is 20.3 Å². The molecule has 1 heterocycles. The Morgan fingerprint density at radius 1 is 1.00 bits per heavy atom. The van der Waals surface area contributed by atoms with Crippen LogP contribution in [0.15, 0.2) is 72.8 Å². The van der Waals surface area contributed by atoms with E-state index in [1.807, 2.05) is 65.6 Å². The Balaban J connectivity index is 1.63. The Morgan fingerprint density at radius 3 is 2.38 bits per heavy atom. The fraction of sp³-hybridized carbons (Fsp3) is 0.276. The minimum absolute atomic E-state index is 0.0424. The molecular weight excluding hydrogens is 426 g/mol. The summed E-state index contributed by atoms with van der Waals surface area (Å²) in [6.07, 6.45) is 5.22. The van der Waals surface area contributed by atoms with E-state index in [9.17, 15) is 4.79 Å². The van der Waals surface area contributed by atoms with E-state index in [-0.39, 0.29) is 11.9 Å². The van der Waals surface area contributed by atoms with Crippen molar-refractivity contribution in [3.05, 3.63) is 95.1 Å². The van der Waals surface area contributed by atoms with Crippen molar-refractivity contribution in [1.82, 2.24) is 4.90 Å². The predicted octanol–water partition coefficient (Wildman–Crippen LogP) is 5.48. The van der Waals surface area contributed by atoms with Gasteiger partial charge in [0.15, 0.2) is 11.5 Å². The Kier molecular flexibility index (Phi) is 7.53. The summed E-state index contributed by atoms with van der Waals surface area (Å²) in [6.45, 7) is 3.07. The maximum atomic E-state index is 13.3. The quantitative estimate of drug-likeness (QED) is 0.420. The van der Waals surface area contributed by atoms with Gasteiger partial charge >= 0.3 is 0 Å². The third-order valence-corrected chi connectivity index (χ3v) is 6.24. The second-order valence-corrected chi connectivity index (χ2v) is 8.26. The van der Waals surface area contributed by atoms with Crippen LogP contribution in [0.5, 0.6) is 17.2 Å². The number of hydrogen-bond acceptors (Lipinski definition) is 4. The molecule has 0 aliphatic carbocycles. The Hall–Kier alpha value is -3.73. The highest BCUT2D eigenvalue weighted by molar-refractivity contribution is 5.92. The van der Waals surface area contributed by atoms with Crippen LogP contribution in [0.3, 0.4) is 0 Å². The molecule has 34 heavy (non-hydrogen) atoms. The highest BCUT2D eigenvalue weighted by Gasteiger charge is 2.32. The van der Waals surface area contributed by atoms with Gasteiger partial charge < -0.3 is 19.1 Å². The van der Waals surface area contributed by atoms with E-state index >= 15 is 0 Å². The molecule has 1 atom stereocenters. The number of carbonyl (C=O) groups is 1. The van der Waals surface area contributed by atoms with Crippen LogP contribution in [-0.2, 0) is 17.6 Å². The van der Waals surface area contributed by atoms with Crippen molar-refractivity contribution in [2.24, 2.45) is 0 Å². The summed E-state index contributed by atoms with van der Waals surface area (Å²) in [5.41, 5.74) is 4.41. The zero-order chi connectivity index (χ0) is 23.9. The Morgan fingerprint density at radius 2 is 1.71 bits per heavy atom. The van der Waals surface area contributed by atoms with Crippen LogP contribution in [0.4, 0.5) is 0 Å².